The van der Waals surface area contributed by atoms with Crippen LogP contribution in [0.15, 0.2) is 77.3 Å². The summed E-state index contributed by atoms with van der Waals surface area (Å²) >= 11 is 11.9. The molecule has 5 nitrogen and oxygen atoms in total. The highest BCUT2D eigenvalue weighted by atomic mass is 35.5. The lowest BCUT2D eigenvalue weighted by Gasteiger charge is -2.17. The second-order valence-electron chi connectivity index (χ2n) is 8.38. The van der Waals surface area contributed by atoms with Crippen molar-refractivity contribution < 1.29 is 19.4 Å². The molecule has 1 amide bonds. The molecule has 0 saturated carbocycles. The number of amides is 1. The van der Waals surface area contributed by atoms with Crippen molar-refractivity contribution in [2.45, 2.75) is 32.2 Å². The van der Waals surface area contributed by atoms with Crippen LogP contribution in [0.25, 0.3) is 16.7 Å². The number of hydrogen-bond donors (Lipinski definition) is 2. The average molecular weight is 512 g/mol. The maximum absolute atomic E-state index is 12.9. The number of nitrogens with one attached hydrogen (secondary N) is 1. The molecule has 0 spiro atoms. The zero-order chi connectivity index (χ0) is 25.5. The van der Waals surface area contributed by atoms with Crippen molar-refractivity contribution in [1.29, 1.82) is 0 Å². The lowest BCUT2D eigenvalue weighted by Crippen LogP contribution is -2.42. The van der Waals surface area contributed by atoms with Crippen LogP contribution in [-0.4, -0.2) is 30.1 Å². The van der Waals surface area contributed by atoms with Gasteiger partial charge in [-0.3, -0.25) is 4.79 Å². The fourth-order valence-corrected chi connectivity index (χ4v) is 4.12. The number of carboxylic acid groups (broad SMARTS) is 1. The lowest BCUT2D eigenvalue weighted by atomic mass is 9.95. The summed E-state index contributed by atoms with van der Waals surface area (Å²) in [4.78, 5) is 24.8. The number of carbonyl (C=O) groups excluding carboxylic acids is 1. The van der Waals surface area contributed by atoms with Crippen LogP contribution in [0.4, 0.5) is 0 Å². The van der Waals surface area contributed by atoms with Gasteiger partial charge < -0.3 is 15.2 Å². The Bertz CT molecular complexity index is 1220. The molecule has 0 aromatic heterocycles. The molecule has 0 bridgehead atoms. The van der Waals surface area contributed by atoms with E-state index in [9.17, 15) is 14.7 Å². The minimum atomic E-state index is -1.17. The maximum atomic E-state index is 12.9. The Balaban J connectivity index is 1.81. The third kappa shape index (κ3) is 6.65. The molecule has 0 aliphatic rings. The van der Waals surface area contributed by atoms with Gasteiger partial charge in [0, 0.05) is 12.0 Å². The fourth-order valence-electron chi connectivity index (χ4n) is 3.73. The van der Waals surface area contributed by atoms with Crippen LogP contribution in [0.3, 0.4) is 0 Å². The summed E-state index contributed by atoms with van der Waals surface area (Å²) in [5.41, 5.74) is 4.38. The van der Waals surface area contributed by atoms with Crippen LogP contribution >= 0.6 is 23.2 Å². The molecule has 0 saturated heterocycles. The number of carboxylic acids is 1. The van der Waals surface area contributed by atoms with Gasteiger partial charge in [-0.25, -0.2) is 4.79 Å². The highest BCUT2D eigenvalue weighted by Crippen LogP contribution is 2.33. The fraction of sp³-hybridized carbons (Fsp3) is 0.214. The van der Waals surface area contributed by atoms with Crippen LogP contribution < -0.4 is 10.1 Å². The molecule has 0 aliphatic carbocycles. The Morgan fingerprint density at radius 2 is 1.63 bits per heavy atom. The van der Waals surface area contributed by atoms with E-state index in [2.05, 4.69) is 25.2 Å². The first-order valence-electron chi connectivity index (χ1n) is 11.1. The Morgan fingerprint density at radius 1 is 0.971 bits per heavy atom. The first-order chi connectivity index (χ1) is 16.7. The molecule has 0 aliphatic heterocycles. The largest absolute Gasteiger partial charge is 0.496 e. The number of carbonyl (C=O) groups is 2. The van der Waals surface area contributed by atoms with Crippen molar-refractivity contribution in [3.63, 3.8) is 0 Å². The van der Waals surface area contributed by atoms with E-state index in [-0.39, 0.29) is 16.5 Å². The first kappa shape index (κ1) is 26.3. The molecule has 2 N–H and O–H groups in total. The van der Waals surface area contributed by atoms with E-state index in [4.69, 9.17) is 27.9 Å². The molecule has 3 aromatic rings. The number of hydrogen-bond acceptors (Lipinski definition) is 3. The Morgan fingerprint density at radius 3 is 2.17 bits per heavy atom. The first-order valence-corrected chi connectivity index (χ1v) is 11.9. The summed E-state index contributed by atoms with van der Waals surface area (Å²) in [6, 6.07) is 21.1. The van der Waals surface area contributed by atoms with E-state index in [1.165, 1.54) is 5.56 Å². The van der Waals surface area contributed by atoms with Gasteiger partial charge in [-0.05, 0) is 40.3 Å². The van der Waals surface area contributed by atoms with Crippen molar-refractivity contribution in [3.8, 4) is 16.9 Å². The van der Waals surface area contributed by atoms with Crippen LogP contribution in [0, 0.1) is 0 Å². The van der Waals surface area contributed by atoms with Gasteiger partial charge in [0.25, 0.3) is 5.91 Å². The average Bonchev–Trinajstić information content (AvgIpc) is 2.84. The molecule has 3 aromatic carbocycles. The molecule has 0 unspecified atom stereocenters. The van der Waals surface area contributed by atoms with E-state index >= 15 is 0 Å². The molecule has 0 heterocycles. The molecule has 35 heavy (non-hydrogen) atoms. The Kier molecular flexibility index (Phi) is 8.96. The monoisotopic (exact) mass is 511 g/mol. The van der Waals surface area contributed by atoms with Crippen molar-refractivity contribution in [2.24, 2.45) is 0 Å². The summed E-state index contributed by atoms with van der Waals surface area (Å²) in [6.45, 7) is 4.26. The molecular weight excluding hydrogens is 485 g/mol. The minimum absolute atomic E-state index is 0.0210. The van der Waals surface area contributed by atoms with E-state index < -0.39 is 17.9 Å². The van der Waals surface area contributed by atoms with Gasteiger partial charge in [0.2, 0.25) is 0 Å². The number of halogens is 2. The normalized spacial score (nSPS) is 11.6. The number of methoxy groups -OCH3 is 1. The van der Waals surface area contributed by atoms with E-state index in [0.29, 0.717) is 11.5 Å². The van der Waals surface area contributed by atoms with Gasteiger partial charge >= 0.3 is 5.97 Å². The summed E-state index contributed by atoms with van der Waals surface area (Å²) in [6.07, 6.45) is 0.0898. The number of ether oxygens (including phenoxy) is 1. The van der Waals surface area contributed by atoms with E-state index in [0.717, 1.165) is 22.4 Å². The zero-order valence-electron chi connectivity index (χ0n) is 19.7. The lowest BCUT2D eigenvalue weighted by molar-refractivity contribution is -0.141. The zero-order valence-corrected chi connectivity index (χ0v) is 21.2. The number of aliphatic carboxylic acids is 1. The minimum Gasteiger partial charge on any atom is -0.496 e. The molecule has 7 heteroatoms. The summed E-state index contributed by atoms with van der Waals surface area (Å²) in [7, 11) is 1.63. The van der Waals surface area contributed by atoms with Crippen LogP contribution in [0.1, 0.15) is 36.5 Å². The molecule has 182 valence electrons. The van der Waals surface area contributed by atoms with Crippen molar-refractivity contribution in [3.05, 3.63) is 94.0 Å². The smallest absolute Gasteiger partial charge is 0.326 e. The number of rotatable bonds is 9. The molecule has 3 rings (SSSR count). The quantitative estimate of drug-likeness (QED) is 0.324. The van der Waals surface area contributed by atoms with Gasteiger partial charge in [-0.15, -0.1) is 0 Å². The van der Waals surface area contributed by atoms with Gasteiger partial charge in [0.1, 0.15) is 16.3 Å². The van der Waals surface area contributed by atoms with Crippen LogP contribution in [0.2, 0.25) is 0 Å². The molecule has 0 radical (unpaired) electrons. The molecule has 0 fully saturated rings. The van der Waals surface area contributed by atoms with Gasteiger partial charge in [-0.1, -0.05) is 97.7 Å². The second-order valence-corrected chi connectivity index (χ2v) is 9.33. The highest BCUT2D eigenvalue weighted by Gasteiger charge is 2.24. The SMILES string of the molecule is COc1ccc(C(C)C)cc1-c1ccc(C[C@H](NC(=O)C(=C(Cl)Cl)c2ccccc2)C(=O)O)cc1. The van der Waals surface area contributed by atoms with E-state index in [1.807, 2.05) is 36.4 Å². The predicted octanol–water partition coefficient (Wildman–Crippen LogP) is 6.44. The number of benzene rings is 3. The standard InChI is InChI=1S/C28H27Cl2NO4/c1-17(2)21-13-14-24(35-3)22(16-21)19-11-9-18(10-12-19)15-23(28(33)34)31-27(32)25(26(29)30)20-7-5-4-6-8-20/h4-14,16-17,23H,15H2,1-3H3,(H,31,32)(H,33,34)/t23-/m0/s1. The van der Waals surface area contributed by atoms with Crippen molar-refractivity contribution in [2.75, 3.05) is 7.11 Å². The molecular formula is C28H27Cl2NO4. The highest BCUT2D eigenvalue weighted by molar-refractivity contribution is 6.61. The Labute approximate surface area is 215 Å². The van der Waals surface area contributed by atoms with Crippen molar-refractivity contribution in [1.82, 2.24) is 5.32 Å². The third-order valence-corrected chi connectivity index (χ3v) is 6.05. The summed E-state index contributed by atoms with van der Waals surface area (Å²) in [5, 5.41) is 12.3. The topological polar surface area (TPSA) is 75.6 Å². The van der Waals surface area contributed by atoms with Gasteiger partial charge in [0.15, 0.2) is 0 Å². The van der Waals surface area contributed by atoms with Gasteiger partial charge in [0.05, 0.1) is 12.7 Å². The van der Waals surface area contributed by atoms with Gasteiger partial charge in [-0.2, -0.15) is 0 Å². The van der Waals surface area contributed by atoms with Crippen molar-refractivity contribution >= 4 is 40.7 Å². The second kappa shape index (κ2) is 11.9. The van der Waals surface area contributed by atoms with Crippen LogP contribution in [-0.2, 0) is 16.0 Å². The maximum Gasteiger partial charge on any atom is 0.326 e. The Hall–Kier alpha value is -3.28. The third-order valence-electron chi connectivity index (χ3n) is 5.68. The van der Waals surface area contributed by atoms with Crippen LogP contribution in [0.5, 0.6) is 5.75 Å². The predicted molar refractivity (Wildman–Crippen MR) is 141 cm³/mol. The summed E-state index contributed by atoms with van der Waals surface area (Å²) in [5.74, 6) is -0.687. The molecule has 1 atom stereocenters. The summed E-state index contributed by atoms with van der Waals surface area (Å²) < 4.78 is 5.30. The van der Waals surface area contributed by atoms with E-state index in [1.54, 1.807) is 37.4 Å².